The number of hydrogen-bond donors (Lipinski definition) is 2. The molecule has 0 radical (unpaired) electrons. The van der Waals surface area contributed by atoms with Gasteiger partial charge in [-0.25, -0.2) is 24.7 Å². The van der Waals surface area contributed by atoms with Crippen LogP contribution in [0.2, 0.25) is 0 Å². The van der Waals surface area contributed by atoms with Crippen LogP contribution in [-0.2, 0) is 6.54 Å². The zero-order valence-corrected chi connectivity index (χ0v) is 21.4. The van der Waals surface area contributed by atoms with E-state index in [2.05, 4.69) is 36.2 Å². The molecule has 1 saturated heterocycles. The SMILES string of the molecule is COc1ccc(Nc2ncc(CN3CCN(C(=O)N(C)C)CC3)cc2-c2nc(C)nc3nc[nH]c23)c[nH+]1. The first-order valence-electron chi connectivity index (χ1n) is 12.1. The summed E-state index contributed by atoms with van der Waals surface area (Å²) in [5.41, 5.74) is 4.82. The second-order valence-electron chi connectivity index (χ2n) is 9.17. The number of nitrogens with zero attached hydrogens (tertiary/aromatic N) is 7. The first kappa shape index (κ1) is 24.4. The zero-order chi connectivity index (χ0) is 25.9. The monoisotopic (exact) mass is 503 g/mol. The predicted octanol–water partition coefficient (Wildman–Crippen LogP) is 2.09. The van der Waals surface area contributed by atoms with Crippen molar-refractivity contribution in [2.75, 3.05) is 52.7 Å². The van der Waals surface area contributed by atoms with Crippen molar-refractivity contribution >= 4 is 28.7 Å². The van der Waals surface area contributed by atoms with Crippen LogP contribution in [0.25, 0.3) is 22.4 Å². The van der Waals surface area contributed by atoms with Crippen molar-refractivity contribution in [1.82, 2.24) is 39.6 Å². The minimum atomic E-state index is 0.0533. The van der Waals surface area contributed by atoms with Gasteiger partial charge in [-0.3, -0.25) is 4.90 Å². The van der Waals surface area contributed by atoms with E-state index in [4.69, 9.17) is 14.7 Å². The smallest absolute Gasteiger partial charge is 0.365 e. The lowest BCUT2D eigenvalue weighted by molar-refractivity contribution is -0.392. The van der Waals surface area contributed by atoms with Crippen LogP contribution in [0.5, 0.6) is 5.88 Å². The number of methoxy groups -OCH3 is 1. The number of hydrogen-bond acceptors (Lipinski definition) is 8. The van der Waals surface area contributed by atoms with Crippen LogP contribution < -0.4 is 15.0 Å². The topological polar surface area (TPSA) is 130 Å². The highest BCUT2D eigenvalue weighted by atomic mass is 16.5. The molecular weight excluding hydrogens is 472 g/mol. The molecule has 4 aromatic rings. The molecule has 1 fully saturated rings. The number of aryl methyl sites for hydroxylation is 1. The molecule has 3 N–H and O–H groups in total. The summed E-state index contributed by atoms with van der Waals surface area (Å²) in [6.07, 6.45) is 5.33. The van der Waals surface area contributed by atoms with Crippen LogP contribution in [-0.4, -0.2) is 93.0 Å². The number of anilines is 2. The van der Waals surface area contributed by atoms with E-state index in [0.717, 1.165) is 47.7 Å². The van der Waals surface area contributed by atoms with Gasteiger partial charge >= 0.3 is 11.9 Å². The summed E-state index contributed by atoms with van der Waals surface area (Å²) in [5, 5.41) is 3.40. The van der Waals surface area contributed by atoms with E-state index in [9.17, 15) is 4.79 Å². The number of carbonyl (C=O) groups is 1. The molecule has 192 valence electrons. The minimum Gasteiger partial charge on any atom is -0.448 e. The number of rotatable bonds is 6. The Hall–Kier alpha value is -4.32. The first-order valence-corrected chi connectivity index (χ1v) is 12.1. The maximum atomic E-state index is 12.3. The molecule has 0 spiro atoms. The number of aromatic nitrogens is 6. The standard InChI is InChI=1S/C25H30N10O2/c1-16-30-21(22-24(31-16)29-15-28-22)19-11-17(14-34-7-9-35(10-8-34)25(36)33(2)3)12-27-23(19)32-18-5-6-20(37-4)26-13-18/h5-6,11-13,15H,7-10,14H2,1-4H3,(H,27,32)(H,28,29,30,31)/p+1. The van der Waals surface area contributed by atoms with Gasteiger partial charge in [0, 0.05) is 58.6 Å². The number of amides is 2. The number of aromatic amines is 2. The molecule has 5 rings (SSSR count). The number of ether oxygens (including phenoxy) is 1. The summed E-state index contributed by atoms with van der Waals surface area (Å²) in [5.74, 6) is 1.95. The first-order chi connectivity index (χ1) is 17.9. The Morgan fingerprint density at radius 3 is 2.70 bits per heavy atom. The van der Waals surface area contributed by atoms with Gasteiger partial charge in [0.1, 0.15) is 28.5 Å². The van der Waals surface area contributed by atoms with Crippen molar-refractivity contribution in [3.8, 4) is 17.1 Å². The highest BCUT2D eigenvalue weighted by Gasteiger charge is 2.23. The molecule has 0 aliphatic carbocycles. The van der Waals surface area contributed by atoms with E-state index in [1.165, 1.54) is 0 Å². The van der Waals surface area contributed by atoms with Crippen LogP contribution in [0.1, 0.15) is 11.4 Å². The average Bonchev–Trinajstić information content (AvgIpc) is 3.38. The molecule has 0 unspecified atom stereocenters. The quantitative estimate of drug-likeness (QED) is 0.409. The van der Waals surface area contributed by atoms with Gasteiger partial charge in [-0.15, -0.1) is 0 Å². The Balaban J connectivity index is 1.45. The number of H-pyrrole nitrogens is 2. The van der Waals surface area contributed by atoms with Gasteiger partial charge in [-0.1, -0.05) is 0 Å². The molecule has 0 atom stereocenters. The molecule has 2 amide bonds. The lowest BCUT2D eigenvalue weighted by Crippen LogP contribution is -2.51. The number of nitrogens with one attached hydrogen (secondary N) is 3. The predicted molar refractivity (Wildman–Crippen MR) is 138 cm³/mol. The minimum absolute atomic E-state index is 0.0533. The Morgan fingerprint density at radius 1 is 1.19 bits per heavy atom. The highest BCUT2D eigenvalue weighted by Crippen LogP contribution is 2.32. The van der Waals surface area contributed by atoms with Gasteiger partial charge < -0.3 is 24.8 Å². The molecule has 37 heavy (non-hydrogen) atoms. The lowest BCUT2D eigenvalue weighted by atomic mass is 10.1. The van der Waals surface area contributed by atoms with Crippen molar-refractivity contribution in [1.29, 1.82) is 0 Å². The fraction of sp³-hybridized carbons (Fsp3) is 0.360. The molecule has 1 aliphatic heterocycles. The summed E-state index contributed by atoms with van der Waals surface area (Å²) in [7, 11) is 5.18. The summed E-state index contributed by atoms with van der Waals surface area (Å²) < 4.78 is 5.23. The van der Waals surface area contributed by atoms with Crippen molar-refractivity contribution in [3.05, 3.63) is 48.3 Å². The van der Waals surface area contributed by atoms with E-state index in [-0.39, 0.29) is 6.03 Å². The van der Waals surface area contributed by atoms with Crippen LogP contribution in [0.15, 0.2) is 36.9 Å². The third-order valence-electron chi connectivity index (χ3n) is 6.30. The van der Waals surface area contributed by atoms with Crippen molar-refractivity contribution in [3.63, 3.8) is 0 Å². The summed E-state index contributed by atoms with van der Waals surface area (Å²) in [4.78, 5) is 42.7. The zero-order valence-electron chi connectivity index (χ0n) is 21.4. The number of urea groups is 1. The molecule has 5 heterocycles. The summed E-state index contributed by atoms with van der Waals surface area (Å²) in [6, 6.07) is 5.93. The molecule has 0 bridgehead atoms. The number of imidazole rings is 1. The van der Waals surface area contributed by atoms with Crippen molar-refractivity contribution < 1.29 is 14.5 Å². The highest BCUT2D eigenvalue weighted by molar-refractivity contribution is 5.91. The molecule has 0 saturated carbocycles. The Morgan fingerprint density at radius 2 is 2.00 bits per heavy atom. The van der Waals surface area contributed by atoms with Gasteiger partial charge in [0.15, 0.2) is 11.8 Å². The van der Waals surface area contributed by atoms with E-state index in [1.807, 2.05) is 36.4 Å². The lowest BCUT2D eigenvalue weighted by Gasteiger charge is -2.36. The molecule has 12 heteroatoms. The fourth-order valence-electron chi connectivity index (χ4n) is 4.40. The second kappa shape index (κ2) is 10.3. The average molecular weight is 504 g/mol. The second-order valence-corrected chi connectivity index (χ2v) is 9.17. The molecule has 4 aromatic heterocycles. The van der Waals surface area contributed by atoms with Crippen molar-refractivity contribution in [2.24, 2.45) is 0 Å². The number of piperazine rings is 1. The fourth-order valence-corrected chi connectivity index (χ4v) is 4.40. The van der Waals surface area contributed by atoms with Gasteiger partial charge in [0.25, 0.3) is 0 Å². The van der Waals surface area contributed by atoms with Gasteiger partial charge in [0.05, 0.1) is 19.5 Å². The largest absolute Gasteiger partial charge is 0.448 e. The molecule has 1 aliphatic rings. The molecule has 0 aromatic carbocycles. The number of pyridine rings is 2. The number of fused-ring (bicyclic) bond motifs is 1. The van der Waals surface area contributed by atoms with E-state index >= 15 is 0 Å². The van der Waals surface area contributed by atoms with E-state index in [0.29, 0.717) is 36.3 Å². The molecule has 12 nitrogen and oxygen atoms in total. The van der Waals surface area contributed by atoms with Crippen LogP contribution in [0.3, 0.4) is 0 Å². The Bertz CT molecular complexity index is 1390. The van der Waals surface area contributed by atoms with E-state index < -0.39 is 0 Å². The summed E-state index contributed by atoms with van der Waals surface area (Å²) in [6.45, 7) is 5.57. The Labute approximate surface area is 214 Å². The van der Waals surface area contributed by atoms with Gasteiger partial charge in [0.2, 0.25) is 0 Å². The van der Waals surface area contributed by atoms with Gasteiger partial charge in [-0.05, 0) is 24.6 Å². The van der Waals surface area contributed by atoms with Crippen molar-refractivity contribution in [2.45, 2.75) is 13.5 Å². The van der Waals surface area contributed by atoms with Gasteiger partial charge in [-0.2, -0.15) is 4.98 Å². The summed E-state index contributed by atoms with van der Waals surface area (Å²) >= 11 is 0. The maximum Gasteiger partial charge on any atom is 0.365 e. The Kier molecular flexibility index (Phi) is 6.82. The normalized spacial score (nSPS) is 14.1. The number of carbonyl (C=O) groups excluding carboxylic acids is 1. The molecular formula is C25H31N10O2+. The third-order valence-corrected chi connectivity index (χ3v) is 6.30. The van der Waals surface area contributed by atoms with Crippen LogP contribution in [0, 0.1) is 6.92 Å². The third kappa shape index (κ3) is 5.28. The van der Waals surface area contributed by atoms with Crippen LogP contribution in [0.4, 0.5) is 16.3 Å². The maximum absolute atomic E-state index is 12.3. The van der Waals surface area contributed by atoms with Crippen LogP contribution >= 0.6 is 0 Å². The van der Waals surface area contributed by atoms with E-state index in [1.54, 1.807) is 32.4 Å².